The van der Waals surface area contributed by atoms with Crippen LogP contribution in [0.2, 0.25) is 5.02 Å². The zero-order valence-corrected chi connectivity index (χ0v) is 12.0. The molecule has 1 aromatic heterocycles. The molecule has 0 aromatic carbocycles. The average molecular weight is 331 g/mol. The lowest BCUT2D eigenvalue weighted by molar-refractivity contribution is -0.125. The lowest BCUT2D eigenvalue weighted by Gasteiger charge is -2.39. The third-order valence-corrected chi connectivity index (χ3v) is 4.05. The molecule has 0 spiro atoms. The number of anilines is 1. The number of halogens is 2. The second-order valence-corrected chi connectivity index (χ2v) is 6.13. The Morgan fingerprint density at radius 3 is 2.83 bits per heavy atom. The SMILES string of the molecule is O=C(NC1CC1)C1CN(c2ncc(Cl)cc2Br)C1. The molecule has 2 aliphatic rings. The molecule has 1 saturated carbocycles. The Balaban J connectivity index is 1.59. The molecule has 6 heteroatoms. The van der Waals surface area contributed by atoms with Gasteiger partial charge in [-0.15, -0.1) is 0 Å². The zero-order valence-electron chi connectivity index (χ0n) is 9.70. The van der Waals surface area contributed by atoms with Crippen LogP contribution in [0.25, 0.3) is 0 Å². The van der Waals surface area contributed by atoms with Gasteiger partial charge in [-0.3, -0.25) is 4.79 Å². The van der Waals surface area contributed by atoms with Crippen molar-refractivity contribution in [1.82, 2.24) is 10.3 Å². The third kappa shape index (κ3) is 2.47. The number of hydrogen-bond acceptors (Lipinski definition) is 3. The molecule has 4 nitrogen and oxygen atoms in total. The van der Waals surface area contributed by atoms with Crippen molar-refractivity contribution in [3.63, 3.8) is 0 Å². The standard InChI is InChI=1S/C12H13BrClN3O/c13-10-3-8(14)4-15-11(10)17-5-7(6-17)12(18)16-9-1-2-9/h3-4,7,9H,1-2,5-6H2,(H,16,18). The van der Waals surface area contributed by atoms with Gasteiger partial charge in [0.25, 0.3) is 0 Å². The minimum Gasteiger partial charge on any atom is -0.354 e. The van der Waals surface area contributed by atoms with Crippen LogP contribution < -0.4 is 10.2 Å². The molecule has 1 aliphatic carbocycles. The molecule has 3 rings (SSSR count). The van der Waals surface area contributed by atoms with Crippen LogP contribution in [0.5, 0.6) is 0 Å². The first-order valence-corrected chi connectivity index (χ1v) is 7.17. The smallest absolute Gasteiger partial charge is 0.226 e. The van der Waals surface area contributed by atoms with Gasteiger partial charge in [0.1, 0.15) is 5.82 Å². The monoisotopic (exact) mass is 329 g/mol. The maximum atomic E-state index is 11.8. The van der Waals surface area contributed by atoms with E-state index in [0.29, 0.717) is 11.1 Å². The fourth-order valence-electron chi connectivity index (χ4n) is 2.00. The molecule has 2 heterocycles. The van der Waals surface area contributed by atoms with Crippen molar-refractivity contribution < 1.29 is 4.79 Å². The summed E-state index contributed by atoms with van der Waals surface area (Å²) in [6, 6.07) is 2.26. The van der Waals surface area contributed by atoms with Crippen molar-refractivity contribution in [3.05, 3.63) is 21.8 Å². The van der Waals surface area contributed by atoms with Crippen LogP contribution in [0, 0.1) is 5.92 Å². The van der Waals surface area contributed by atoms with E-state index in [0.717, 1.165) is 36.2 Å². The van der Waals surface area contributed by atoms with E-state index in [1.165, 1.54) is 0 Å². The highest BCUT2D eigenvalue weighted by molar-refractivity contribution is 9.10. The molecule has 1 aliphatic heterocycles. The van der Waals surface area contributed by atoms with Crippen LogP contribution in [0.15, 0.2) is 16.7 Å². The molecule has 1 saturated heterocycles. The van der Waals surface area contributed by atoms with Gasteiger partial charge in [-0.2, -0.15) is 0 Å². The van der Waals surface area contributed by atoms with E-state index in [9.17, 15) is 4.79 Å². The molecule has 1 N–H and O–H groups in total. The van der Waals surface area contributed by atoms with Crippen LogP contribution in [0.1, 0.15) is 12.8 Å². The molecule has 1 aromatic rings. The number of carbonyl (C=O) groups excluding carboxylic acids is 1. The molecule has 0 atom stereocenters. The van der Waals surface area contributed by atoms with Crippen LogP contribution in [0.4, 0.5) is 5.82 Å². The van der Waals surface area contributed by atoms with Gasteiger partial charge in [-0.1, -0.05) is 11.6 Å². The van der Waals surface area contributed by atoms with Crippen molar-refractivity contribution in [2.75, 3.05) is 18.0 Å². The summed E-state index contributed by atoms with van der Waals surface area (Å²) >= 11 is 9.29. The predicted molar refractivity (Wildman–Crippen MR) is 73.8 cm³/mol. The highest BCUT2D eigenvalue weighted by Crippen LogP contribution is 2.31. The molecule has 0 bridgehead atoms. The predicted octanol–water partition coefficient (Wildman–Crippen LogP) is 2.21. The molecule has 96 valence electrons. The van der Waals surface area contributed by atoms with Gasteiger partial charge in [0.15, 0.2) is 0 Å². The first-order chi connectivity index (χ1) is 8.63. The van der Waals surface area contributed by atoms with Crippen LogP contribution >= 0.6 is 27.5 Å². The third-order valence-electron chi connectivity index (χ3n) is 3.26. The van der Waals surface area contributed by atoms with Crippen LogP contribution in [0.3, 0.4) is 0 Å². The van der Waals surface area contributed by atoms with E-state index >= 15 is 0 Å². The van der Waals surface area contributed by atoms with E-state index in [1.54, 1.807) is 6.20 Å². The Morgan fingerprint density at radius 2 is 2.22 bits per heavy atom. The van der Waals surface area contributed by atoms with Crippen molar-refractivity contribution in [2.45, 2.75) is 18.9 Å². The molecule has 2 fully saturated rings. The number of amides is 1. The topological polar surface area (TPSA) is 45.2 Å². The number of nitrogens with one attached hydrogen (secondary N) is 1. The number of rotatable bonds is 3. The van der Waals surface area contributed by atoms with Crippen molar-refractivity contribution >= 4 is 39.3 Å². The van der Waals surface area contributed by atoms with Crippen molar-refractivity contribution in [3.8, 4) is 0 Å². The summed E-state index contributed by atoms with van der Waals surface area (Å²) in [6.45, 7) is 1.46. The van der Waals surface area contributed by atoms with E-state index < -0.39 is 0 Å². The lowest BCUT2D eigenvalue weighted by atomic mass is 9.99. The second kappa shape index (κ2) is 4.70. The number of nitrogens with zero attached hydrogens (tertiary/aromatic N) is 2. The number of carbonyl (C=O) groups is 1. The number of aromatic nitrogens is 1. The average Bonchev–Trinajstić information content (AvgIpc) is 3.02. The minimum absolute atomic E-state index is 0.0926. The number of hydrogen-bond donors (Lipinski definition) is 1. The van der Waals surface area contributed by atoms with Gasteiger partial charge in [0.05, 0.1) is 15.4 Å². The Morgan fingerprint density at radius 1 is 1.50 bits per heavy atom. The quantitative estimate of drug-likeness (QED) is 0.924. The van der Waals surface area contributed by atoms with Gasteiger partial charge in [-0.25, -0.2) is 4.98 Å². The fraction of sp³-hybridized carbons (Fsp3) is 0.500. The molecule has 0 radical (unpaired) electrons. The molecular formula is C12H13BrClN3O. The molecular weight excluding hydrogens is 318 g/mol. The summed E-state index contributed by atoms with van der Waals surface area (Å²) in [5.74, 6) is 1.13. The Labute approximate surface area is 119 Å². The Hall–Kier alpha value is -0.810. The Bertz CT molecular complexity index is 486. The van der Waals surface area contributed by atoms with Gasteiger partial charge in [-0.05, 0) is 34.8 Å². The molecule has 0 unspecified atom stereocenters. The van der Waals surface area contributed by atoms with Crippen molar-refractivity contribution in [2.24, 2.45) is 5.92 Å². The summed E-state index contributed by atoms with van der Waals surface area (Å²) in [5, 5.41) is 3.64. The lowest BCUT2D eigenvalue weighted by Crippen LogP contribution is -2.54. The Kier molecular flexibility index (Phi) is 3.20. The normalized spacial score (nSPS) is 19.6. The van der Waals surface area contributed by atoms with Crippen LogP contribution in [-0.4, -0.2) is 30.0 Å². The molecule has 1 amide bonds. The fourth-order valence-corrected chi connectivity index (χ4v) is 2.89. The highest BCUT2D eigenvalue weighted by atomic mass is 79.9. The van der Waals surface area contributed by atoms with E-state index in [1.807, 2.05) is 6.07 Å². The summed E-state index contributed by atoms with van der Waals surface area (Å²) in [5.41, 5.74) is 0. The summed E-state index contributed by atoms with van der Waals surface area (Å²) < 4.78 is 0.871. The van der Waals surface area contributed by atoms with Gasteiger partial charge in [0.2, 0.25) is 5.91 Å². The maximum absolute atomic E-state index is 11.8. The summed E-state index contributed by atoms with van der Waals surface area (Å²) in [7, 11) is 0. The van der Waals surface area contributed by atoms with Gasteiger partial charge >= 0.3 is 0 Å². The first-order valence-electron chi connectivity index (χ1n) is 6.00. The summed E-state index contributed by atoms with van der Waals surface area (Å²) in [6.07, 6.45) is 3.89. The van der Waals surface area contributed by atoms with E-state index in [-0.39, 0.29) is 11.8 Å². The first kappa shape index (κ1) is 12.2. The minimum atomic E-state index is 0.0926. The van der Waals surface area contributed by atoms with Crippen molar-refractivity contribution in [1.29, 1.82) is 0 Å². The molecule has 18 heavy (non-hydrogen) atoms. The summed E-state index contributed by atoms with van der Waals surface area (Å²) in [4.78, 5) is 18.2. The van der Waals surface area contributed by atoms with Crippen LogP contribution in [-0.2, 0) is 4.79 Å². The highest BCUT2D eigenvalue weighted by Gasteiger charge is 2.36. The second-order valence-electron chi connectivity index (χ2n) is 4.84. The largest absolute Gasteiger partial charge is 0.354 e. The van der Waals surface area contributed by atoms with E-state index in [4.69, 9.17) is 11.6 Å². The zero-order chi connectivity index (χ0) is 12.7. The van der Waals surface area contributed by atoms with Gasteiger partial charge < -0.3 is 10.2 Å². The number of pyridine rings is 1. The van der Waals surface area contributed by atoms with Gasteiger partial charge in [0, 0.05) is 25.3 Å². The van der Waals surface area contributed by atoms with E-state index in [2.05, 4.69) is 31.1 Å². The maximum Gasteiger partial charge on any atom is 0.226 e.